The van der Waals surface area contributed by atoms with Crippen LogP contribution in [0.2, 0.25) is 5.02 Å². The Morgan fingerprint density at radius 1 is 1.44 bits per heavy atom. The molecule has 0 bridgehead atoms. The van der Waals surface area contributed by atoms with Crippen molar-refractivity contribution in [2.75, 3.05) is 11.9 Å². The first kappa shape index (κ1) is 14.3. The number of hydrogen-bond acceptors (Lipinski definition) is 3. The molecule has 18 heavy (non-hydrogen) atoms. The van der Waals surface area contributed by atoms with Crippen LogP contribution < -0.4 is 5.32 Å². The normalized spacial score (nSPS) is 10.4. The smallest absolute Gasteiger partial charge is 0.339 e. The fraction of sp³-hybridized carbons (Fsp3) is 0.231. The number of amides is 1. The third-order valence-electron chi connectivity index (χ3n) is 2.06. The highest BCUT2D eigenvalue weighted by Gasteiger charge is 2.12. The second-order valence-corrected chi connectivity index (χ2v) is 3.95. The quantitative estimate of drug-likeness (QED) is 0.674. The topological polar surface area (TPSA) is 55.4 Å². The first-order chi connectivity index (χ1) is 8.54. The van der Waals surface area contributed by atoms with E-state index in [1.165, 1.54) is 19.1 Å². The molecule has 0 radical (unpaired) electrons. The minimum absolute atomic E-state index is 0.200. The Balaban J connectivity index is 2.78. The summed E-state index contributed by atoms with van der Waals surface area (Å²) >= 11 is 5.95. The molecule has 0 spiro atoms. The largest absolute Gasteiger partial charge is 0.458 e. The third-order valence-corrected chi connectivity index (χ3v) is 2.37. The SMILES string of the molecule is C/C=C/COC(=O)c1ccc(NC(C)=O)cc1Cl. The molecule has 1 rings (SSSR count). The first-order valence-electron chi connectivity index (χ1n) is 5.40. The van der Waals surface area contributed by atoms with Gasteiger partial charge in [-0.2, -0.15) is 0 Å². The number of carbonyl (C=O) groups excluding carboxylic acids is 2. The van der Waals surface area contributed by atoms with Crippen LogP contribution in [-0.2, 0) is 9.53 Å². The summed E-state index contributed by atoms with van der Waals surface area (Å²) in [6.07, 6.45) is 3.51. The standard InChI is InChI=1S/C13H14ClNO3/c1-3-4-7-18-13(17)11-6-5-10(8-12(11)14)15-9(2)16/h3-6,8H,7H2,1-2H3,(H,15,16)/b4-3+. The van der Waals surface area contributed by atoms with E-state index in [1.807, 2.05) is 6.92 Å². The van der Waals surface area contributed by atoms with E-state index in [0.717, 1.165) is 0 Å². The van der Waals surface area contributed by atoms with Crippen LogP contribution in [0.4, 0.5) is 5.69 Å². The van der Waals surface area contributed by atoms with E-state index in [9.17, 15) is 9.59 Å². The molecule has 1 aromatic carbocycles. The van der Waals surface area contributed by atoms with Gasteiger partial charge in [-0.15, -0.1) is 0 Å². The number of ether oxygens (including phenoxy) is 1. The minimum atomic E-state index is -0.493. The molecule has 0 aliphatic rings. The second kappa shape index (κ2) is 6.81. The van der Waals surface area contributed by atoms with Gasteiger partial charge in [-0.1, -0.05) is 23.8 Å². The van der Waals surface area contributed by atoms with Crippen LogP contribution in [0.1, 0.15) is 24.2 Å². The third kappa shape index (κ3) is 4.22. The van der Waals surface area contributed by atoms with Gasteiger partial charge in [0.2, 0.25) is 5.91 Å². The van der Waals surface area contributed by atoms with Crippen LogP contribution in [0.15, 0.2) is 30.4 Å². The molecule has 4 nitrogen and oxygen atoms in total. The van der Waals surface area contributed by atoms with Crippen LogP contribution in [0.5, 0.6) is 0 Å². The van der Waals surface area contributed by atoms with E-state index in [1.54, 1.807) is 18.2 Å². The van der Waals surface area contributed by atoms with Crippen molar-refractivity contribution in [3.8, 4) is 0 Å². The average Bonchev–Trinajstić information content (AvgIpc) is 2.28. The zero-order valence-electron chi connectivity index (χ0n) is 10.2. The van der Waals surface area contributed by atoms with E-state index < -0.39 is 5.97 Å². The summed E-state index contributed by atoms with van der Waals surface area (Å²) in [5.41, 5.74) is 0.813. The highest BCUT2D eigenvalue weighted by atomic mass is 35.5. The van der Waals surface area contributed by atoms with E-state index in [4.69, 9.17) is 16.3 Å². The summed E-state index contributed by atoms with van der Waals surface area (Å²) in [6.45, 7) is 3.44. The molecule has 0 saturated carbocycles. The van der Waals surface area contributed by atoms with E-state index >= 15 is 0 Å². The number of benzene rings is 1. The van der Waals surface area contributed by atoms with E-state index in [2.05, 4.69) is 5.32 Å². The first-order valence-corrected chi connectivity index (χ1v) is 5.77. The molecule has 0 fully saturated rings. The van der Waals surface area contributed by atoms with Gasteiger partial charge in [0.1, 0.15) is 6.61 Å². The van der Waals surface area contributed by atoms with Crippen LogP contribution in [-0.4, -0.2) is 18.5 Å². The van der Waals surface area contributed by atoms with E-state index in [0.29, 0.717) is 5.69 Å². The van der Waals surface area contributed by atoms with Gasteiger partial charge in [0.15, 0.2) is 0 Å². The van der Waals surface area contributed by atoms with Gasteiger partial charge in [-0.3, -0.25) is 4.79 Å². The van der Waals surface area contributed by atoms with Crippen molar-refractivity contribution in [1.82, 2.24) is 0 Å². The van der Waals surface area contributed by atoms with Gasteiger partial charge in [-0.05, 0) is 25.1 Å². The summed E-state index contributed by atoms with van der Waals surface area (Å²) in [5.74, 6) is -0.693. The van der Waals surface area contributed by atoms with Crippen molar-refractivity contribution in [1.29, 1.82) is 0 Å². The summed E-state index contributed by atoms with van der Waals surface area (Å²) in [5, 5.41) is 2.82. The van der Waals surface area contributed by atoms with Gasteiger partial charge < -0.3 is 10.1 Å². The Morgan fingerprint density at radius 2 is 2.17 bits per heavy atom. The highest BCUT2D eigenvalue weighted by Crippen LogP contribution is 2.21. The van der Waals surface area contributed by atoms with Crippen LogP contribution in [0.25, 0.3) is 0 Å². The Morgan fingerprint density at radius 3 is 2.72 bits per heavy atom. The molecule has 0 unspecified atom stereocenters. The van der Waals surface area contributed by atoms with Crippen molar-refractivity contribution < 1.29 is 14.3 Å². The Kier molecular flexibility index (Phi) is 5.39. The number of carbonyl (C=O) groups is 2. The molecule has 1 aromatic rings. The maximum atomic E-state index is 11.6. The predicted molar refractivity (Wildman–Crippen MR) is 70.9 cm³/mol. The Hall–Kier alpha value is -1.81. The lowest BCUT2D eigenvalue weighted by atomic mass is 10.2. The highest BCUT2D eigenvalue weighted by molar-refractivity contribution is 6.33. The number of esters is 1. The van der Waals surface area contributed by atoms with Crippen molar-refractivity contribution in [3.63, 3.8) is 0 Å². The van der Waals surface area contributed by atoms with E-state index in [-0.39, 0.29) is 23.1 Å². The van der Waals surface area contributed by atoms with Crippen LogP contribution in [0.3, 0.4) is 0 Å². The van der Waals surface area contributed by atoms with Crippen molar-refractivity contribution >= 4 is 29.2 Å². The number of halogens is 1. The number of nitrogens with one attached hydrogen (secondary N) is 1. The number of allylic oxidation sites excluding steroid dienone is 1. The maximum absolute atomic E-state index is 11.6. The summed E-state index contributed by atoms with van der Waals surface area (Å²) in [4.78, 5) is 22.5. The van der Waals surface area contributed by atoms with Crippen LogP contribution in [0, 0.1) is 0 Å². The maximum Gasteiger partial charge on any atom is 0.339 e. The number of anilines is 1. The van der Waals surface area contributed by atoms with Crippen LogP contribution >= 0.6 is 11.6 Å². The van der Waals surface area contributed by atoms with Crippen molar-refractivity contribution in [3.05, 3.63) is 40.9 Å². The fourth-order valence-corrected chi connectivity index (χ4v) is 1.52. The molecule has 5 heteroatoms. The fourth-order valence-electron chi connectivity index (χ4n) is 1.26. The molecular formula is C13H14ClNO3. The van der Waals surface area contributed by atoms with Crippen molar-refractivity contribution in [2.45, 2.75) is 13.8 Å². The lowest BCUT2D eigenvalue weighted by Crippen LogP contribution is -2.08. The molecule has 0 aliphatic heterocycles. The summed E-state index contributed by atoms with van der Waals surface area (Å²) in [6, 6.07) is 4.63. The van der Waals surface area contributed by atoms with Gasteiger partial charge in [-0.25, -0.2) is 4.79 Å². The van der Waals surface area contributed by atoms with Gasteiger partial charge in [0.05, 0.1) is 10.6 Å². The molecular weight excluding hydrogens is 254 g/mol. The molecule has 1 amide bonds. The average molecular weight is 268 g/mol. The lowest BCUT2D eigenvalue weighted by Gasteiger charge is -2.07. The Bertz CT molecular complexity index is 483. The molecule has 0 heterocycles. The molecule has 96 valence electrons. The van der Waals surface area contributed by atoms with Gasteiger partial charge in [0, 0.05) is 12.6 Å². The lowest BCUT2D eigenvalue weighted by molar-refractivity contribution is -0.114. The predicted octanol–water partition coefficient (Wildman–Crippen LogP) is 3.03. The molecule has 0 atom stereocenters. The zero-order valence-corrected chi connectivity index (χ0v) is 11.0. The zero-order chi connectivity index (χ0) is 13.5. The van der Waals surface area contributed by atoms with Gasteiger partial charge in [0.25, 0.3) is 0 Å². The summed E-state index contributed by atoms with van der Waals surface area (Å²) in [7, 11) is 0. The number of hydrogen-bond donors (Lipinski definition) is 1. The molecule has 0 aliphatic carbocycles. The van der Waals surface area contributed by atoms with Crippen molar-refractivity contribution in [2.24, 2.45) is 0 Å². The second-order valence-electron chi connectivity index (χ2n) is 3.54. The number of rotatable bonds is 4. The minimum Gasteiger partial charge on any atom is -0.458 e. The summed E-state index contributed by atoms with van der Waals surface area (Å²) < 4.78 is 4.97. The molecule has 1 N–H and O–H groups in total. The molecule has 0 aromatic heterocycles. The monoisotopic (exact) mass is 267 g/mol. The van der Waals surface area contributed by atoms with Gasteiger partial charge >= 0.3 is 5.97 Å². The Labute approximate surface area is 111 Å². The molecule has 0 saturated heterocycles.